The van der Waals surface area contributed by atoms with Crippen LogP contribution >= 0.6 is 27.5 Å². The highest BCUT2D eigenvalue weighted by Gasteiger charge is 2.28. The lowest BCUT2D eigenvalue weighted by Crippen LogP contribution is -2.11. The first-order chi connectivity index (χ1) is 8.14. The van der Waals surface area contributed by atoms with Crippen LogP contribution in [-0.4, -0.2) is 7.11 Å². The summed E-state index contributed by atoms with van der Waals surface area (Å²) in [6.45, 7) is 0. The molecule has 0 radical (unpaired) electrons. The number of halogens is 2. The molecule has 0 aliphatic rings. The minimum Gasteiger partial charge on any atom is -0.497 e. The molecule has 17 heavy (non-hydrogen) atoms. The molecule has 0 spiro atoms. The minimum atomic E-state index is -0.719. The van der Waals surface area contributed by atoms with Gasteiger partial charge in [0.2, 0.25) is 0 Å². The fourth-order valence-electron chi connectivity index (χ4n) is 1.63. The highest BCUT2D eigenvalue weighted by molar-refractivity contribution is 9.10. The zero-order chi connectivity index (χ0) is 12.3. The van der Waals surface area contributed by atoms with Crippen LogP contribution in [-0.2, 0) is 3.78 Å². The molecule has 0 saturated carbocycles. The topological polar surface area (TPSA) is 9.23 Å². The summed E-state index contributed by atoms with van der Waals surface area (Å²) in [5.41, 5.74) is 1.94. The molecular weight excluding hydrogens is 300 g/mol. The van der Waals surface area contributed by atoms with Gasteiger partial charge in [0.1, 0.15) is 9.53 Å². The van der Waals surface area contributed by atoms with Gasteiger partial charge >= 0.3 is 0 Å². The summed E-state index contributed by atoms with van der Waals surface area (Å²) in [6.07, 6.45) is 0. The first-order valence-electron chi connectivity index (χ1n) is 5.22. The summed E-state index contributed by atoms with van der Waals surface area (Å²) in [7, 11) is 1.64. The minimum absolute atomic E-state index is 0.719. The monoisotopic (exact) mass is 310 g/mol. The molecule has 0 N–H and O–H groups in total. The predicted molar refractivity (Wildman–Crippen MR) is 75.0 cm³/mol. The maximum Gasteiger partial charge on any atom is 0.149 e. The molecule has 0 bridgehead atoms. The summed E-state index contributed by atoms with van der Waals surface area (Å²) in [6, 6.07) is 17.6. The number of methoxy groups -OCH3 is 1. The summed E-state index contributed by atoms with van der Waals surface area (Å²) in [5.74, 6) is 0.794. The molecule has 1 nitrogen and oxygen atoms in total. The van der Waals surface area contributed by atoms with Gasteiger partial charge in [0, 0.05) is 0 Å². The average molecular weight is 312 g/mol. The van der Waals surface area contributed by atoms with Gasteiger partial charge in [0.05, 0.1) is 7.11 Å². The van der Waals surface area contributed by atoms with Crippen molar-refractivity contribution in [3.8, 4) is 5.75 Å². The molecule has 2 aromatic rings. The Hall–Kier alpha value is -0.990. The Morgan fingerprint density at radius 1 is 1.00 bits per heavy atom. The van der Waals surface area contributed by atoms with Crippen molar-refractivity contribution in [2.75, 3.05) is 7.11 Å². The van der Waals surface area contributed by atoms with Crippen LogP contribution in [0.15, 0.2) is 54.6 Å². The smallest absolute Gasteiger partial charge is 0.149 e. The van der Waals surface area contributed by atoms with E-state index in [0.29, 0.717) is 0 Å². The fraction of sp³-hybridized carbons (Fsp3) is 0.143. The molecule has 1 unspecified atom stereocenters. The number of alkyl halides is 2. The highest BCUT2D eigenvalue weighted by atomic mass is 79.9. The first-order valence-corrected chi connectivity index (χ1v) is 6.39. The Kier molecular flexibility index (Phi) is 3.75. The number of hydrogen-bond acceptors (Lipinski definition) is 1. The second-order valence-electron chi connectivity index (χ2n) is 3.67. The van der Waals surface area contributed by atoms with Crippen LogP contribution in [0.5, 0.6) is 5.75 Å². The van der Waals surface area contributed by atoms with Gasteiger partial charge < -0.3 is 4.74 Å². The van der Waals surface area contributed by atoms with Gasteiger partial charge in [-0.25, -0.2) is 0 Å². The number of hydrogen-bond donors (Lipinski definition) is 0. The Morgan fingerprint density at radius 3 is 2.29 bits per heavy atom. The number of ether oxygens (including phenoxy) is 1. The normalized spacial score (nSPS) is 14.1. The third-order valence-electron chi connectivity index (χ3n) is 2.57. The van der Waals surface area contributed by atoms with E-state index in [-0.39, 0.29) is 0 Å². The Labute approximate surface area is 115 Å². The molecule has 0 amide bonds. The second-order valence-corrected chi connectivity index (χ2v) is 5.89. The van der Waals surface area contributed by atoms with E-state index in [1.165, 1.54) is 0 Å². The number of benzene rings is 2. The lowest BCUT2D eigenvalue weighted by Gasteiger charge is -2.21. The SMILES string of the molecule is COc1cccc(C(Cl)(Br)c2ccccc2)c1. The maximum absolute atomic E-state index is 6.58. The van der Waals surface area contributed by atoms with E-state index in [1.807, 2.05) is 54.6 Å². The van der Waals surface area contributed by atoms with Crippen molar-refractivity contribution in [1.82, 2.24) is 0 Å². The van der Waals surface area contributed by atoms with Crippen LogP contribution in [0.2, 0.25) is 0 Å². The van der Waals surface area contributed by atoms with E-state index in [2.05, 4.69) is 15.9 Å². The van der Waals surface area contributed by atoms with Gasteiger partial charge in [0.25, 0.3) is 0 Å². The molecule has 0 aliphatic carbocycles. The molecular formula is C14H12BrClO. The largest absolute Gasteiger partial charge is 0.497 e. The molecule has 0 saturated heterocycles. The van der Waals surface area contributed by atoms with E-state index >= 15 is 0 Å². The molecule has 1 atom stereocenters. The Morgan fingerprint density at radius 2 is 1.65 bits per heavy atom. The first kappa shape index (κ1) is 12.5. The van der Waals surface area contributed by atoms with Crippen LogP contribution in [0, 0.1) is 0 Å². The third kappa shape index (κ3) is 2.64. The van der Waals surface area contributed by atoms with Crippen LogP contribution in [0.25, 0.3) is 0 Å². The molecule has 0 aliphatic heterocycles. The number of rotatable bonds is 3. The van der Waals surface area contributed by atoms with Gasteiger partial charge in [-0.1, -0.05) is 70.0 Å². The van der Waals surface area contributed by atoms with E-state index < -0.39 is 3.78 Å². The van der Waals surface area contributed by atoms with Gasteiger partial charge in [-0.2, -0.15) is 0 Å². The summed E-state index contributed by atoms with van der Waals surface area (Å²) >= 11 is 10.1. The van der Waals surface area contributed by atoms with Crippen molar-refractivity contribution in [2.24, 2.45) is 0 Å². The molecule has 3 heteroatoms. The molecule has 88 valence electrons. The van der Waals surface area contributed by atoms with Crippen molar-refractivity contribution in [2.45, 2.75) is 3.78 Å². The molecule has 0 heterocycles. The van der Waals surface area contributed by atoms with Gasteiger partial charge in [-0.05, 0) is 23.3 Å². The van der Waals surface area contributed by atoms with E-state index in [4.69, 9.17) is 16.3 Å². The quantitative estimate of drug-likeness (QED) is 0.757. The van der Waals surface area contributed by atoms with Crippen molar-refractivity contribution < 1.29 is 4.74 Å². The average Bonchev–Trinajstić information content (AvgIpc) is 2.40. The third-order valence-corrected chi connectivity index (χ3v) is 3.92. The molecule has 0 aromatic heterocycles. The summed E-state index contributed by atoms with van der Waals surface area (Å²) in [5, 5.41) is 0. The van der Waals surface area contributed by atoms with Crippen molar-refractivity contribution in [3.05, 3.63) is 65.7 Å². The Balaban J connectivity index is 2.44. The molecule has 2 rings (SSSR count). The van der Waals surface area contributed by atoms with Gasteiger partial charge in [-0.15, -0.1) is 0 Å². The maximum atomic E-state index is 6.58. The van der Waals surface area contributed by atoms with Gasteiger partial charge in [0.15, 0.2) is 0 Å². The van der Waals surface area contributed by atoms with Crippen molar-refractivity contribution >= 4 is 27.5 Å². The lowest BCUT2D eigenvalue weighted by molar-refractivity contribution is 0.414. The summed E-state index contributed by atoms with van der Waals surface area (Å²) < 4.78 is 4.49. The van der Waals surface area contributed by atoms with E-state index in [1.54, 1.807) is 7.11 Å². The fourth-order valence-corrected chi connectivity index (χ4v) is 2.39. The van der Waals surface area contributed by atoms with Crippen LogP contribution in [0.3, 0.4) is 0 Å². The summed E-state index contributed by atoms with van der Waals surface area (Å²) in [4.78, 5) is 0. The zero-order valence-electron chi connectivity index (χ0n) is 9.36. The van der Waals surface area contributed by atoms with Crippen molar-refractivity contribution in [3.63, 3.8) is 0 Å². The van der Waals surface area contributed by atoms with E-state index in [0.717, 1.165) is 16.9 Å². The second kappa shape index (κ2) is 5.11. The standard InChI is InChI=1S/C14H12BrClO/c1-17-13-9-5-8-12(10-13)14(15,16)11-6-3-2-4-7-11/h2-10H,1H3. The molecule has 2 aromatic carbocycles. The highest BCUT2D eigenvalue weighted by Crippen LogP contribution is 2.43. The van der Waals surface area contributed by atoms with Crippen LogP contribution < -0.4 is 4.74 Å². The predicted octanol–water partition coefficient (Wildman–Crippen LogP) is 4.53. The lowest BCUT2D eigenvalue weighted by atomic mass is 10.0. The van der Waals surface area contributed by atoms with Crippen LogP contribution in [0.4, 0.5) is 0 Å². The van der Waals surface area contributed by atoms with Crippen LogP contribution in [0.1, 0.15) is 11.1 Å². The van der Waals surface area contributed by atoms with Crippen molar-refractivity contribution in [1.29, 1.82) is 0 Å². The van der Waals surface area contributed by atoms with Gasteiger partial charge in [-0.3, -0.25) is 0 Å². The zero-order valence-corrected chi connectivity index (χ0v) is 11.7. The molecule has 0 fully saturated rings. The Bertz CT molecular complexity index is 497. The van der Waals surface area contributed by atoms with E-state index in [9.17, 15) is 0 Å².